The van der Waals surface area contributed by atoms with Gasteiger partial charge in [-0.3, -0.25) is 4.79 Å². The average molecular weight is 454 g/mol. The summed E-state index contributed by atoms with van der Waals surface area (Å²) in [6.45, 7) is 4.14. The molecule has 0 aromatic heterocycles. The lowest BCUT2D eigenvalue weighted by Crippen LogP contribution is -2.44. The lowest BCUT2D eigenvalue weighted by atomic mass is 10.0. The topological polar surface area (TPSA) is 61.9 Å². The number of carbonyl (C=O) groups excluding carboxylic acids is 2. The highest BCUT2D eigenvalue weighted by Gasteiger charge is 2.24. The van der Waals surface area contributed by atoms with E-state index in [1.165, 1.54) is 0 Å². The SMILES string of the molecule is CCOC(=O)C(Cc1ccc(N(CCCl)CCCl)cc1)NC(=O)C1=CN(C)CC=C1. The summed E-state index contributed by atoms with van der Waals surface area (Å²) in [6, 6.07) is 7.05. The van der Waals surface area contributed by atoms with Gasteiger partial charge in [0.2, 0.25) is 0 Å². The monoisotopic (exact) mass is 453 g/mol. The molecule has 1 N–H and O–H groups in total. The van der Waals surface area contributed by atoms with Gasteiger partial charge in [-0.25, -0.2) is 4.79 Å². The maximum atomic E-state index is 12.6. The molecule has 1 atom stereocenters. The van der Waals surface area contributed by atoms with Crippen molar-refractivity contribution in [3.8, 4) is 0 Å². The molecule has 1 amide bonds. The van der Waals surface area contributed by atoms with Gasteiger partial charge in [0, 0.05) is 56.8 Å². The lowest BCUT2D eigenvalue weighted by Gasteiger charge is -2.23. The van der Waals surface area contributed by atoms with Crippen molar-refractivity contribution >= 4 is 40.8 Å². The maximum absolute atomic E-state index is 12.6. The van der Waals surface area contributed by atoms with Crippen LogP contribution in [0.25, 0.3) is 0 Å². The maximum Gasteiger partial charge on any atom is 0.328 e. The number of benzene rings is 1. The van der Waals surface area contributed by atoms with Crippen molar-refractivity contribution in [1.29, 1.82) is 0 Å². The lowest BCUT2D eigenvalue weighted by molar-refractivity contribution is -0.147. The molecule has 6 nitrogen and oxygen atoms in total. The number of rotatable bonds is 11. The van der Waals surface area contributed by atoms with Crippen LogP contribution < -0.4 is 10.2 Å². The third kappa shape index (κ3) is 7.26. The Morgan fingerprint density at radius 2 is 1.87 bits per heavy atom. The number of amides is 1. The molecular formula is C22H29Cl2N3O3. The van der Waals surface area contributed by atoms with Crippen molar-refractivity contribution in [3.63, 3.8) is 0 Å². The molecule has 1 unspecified atom stereocenters. The first-order valence-corrected chi connectivity index (χ1v) is 11.1. The number of hydrogen-bond donors (Lipinski definition) is 1. The summed E-state index contributed by atoms with van der Waals surface area (Å²) in [6.07, 6.45) is 5.76. The number of anilines is 1. The minimum atomic E-state index is -0.772. The Morgan fingerprint density at radius 3 is 2.43 bits per heavy atom. The van der Waals surface area contributed by atoms with Crippen LogP contribution in [-0.2, 0) is 20.7 Å². The van der Waals surface area contributed by atoms with E-state index in [-0.39, 0.29) is 12.5 Å². The van der Waals surface area contributed by atoms with Gasteiger partial charge >= 0.3 is 5.97 Å². The predicted octanol–water partition coefficient (Wildman–Crippen LogP) is 2.95. The minimum Gasteiger partial charge on any atom is -0.464 e. The molecule has 1 aliphatic rings. The molecule has 30 heavy (non-hydrogen) atoms. The minimum absolute atomic E-state index is 0.251. The molecular weight excluding hydrogens is 425 g/mol. The van der Waals surface area contributed by atoms with Crippen LogP contribution in [0.3, 0.4) is 0 Å². The molecule has 0 bridgehead atoms. The van der Waals surface area contributed by atoms with Crippen molar-refractivity contribution in [2.75, 3.05) is 49.9 Å². The molecule has 164 valence electrons. The van der Waals surface area contributed by atoms with Gasteiger partial charge < -0.3 is 19.9 Å². The van der Waals surface area contributed by atoms with Crippen LogP contribution in [0.1, 0.15) is 12.5 Å². The first-order valence-electron chi connectivity index (χ1n) is 10.00. The molecule has 0 fully saturated rings. The molecule has 0 saturated heterocycles. The van der Waals surface area contributed by atoms with Gasteiger partial charge in [-0.2, -0.15) is 0 Å². The second kappa shape index (κ2) is 12.5. The largest absolute Gasteiger partial charge is 0.464 e. The Bertz CT molecular complexity index is 759. The normalized spacial score (nSPS) is 14.1. The van der Waals surface area contributed by atoms with Gasteiger partial charge in [-0.15, -0.1) is 23.2 Å². The van der Waals surface area contributed by atoms with E-state index in [9.17, 15) is 9.59 Å². The number of esters is 1. The number of halogens is 2. The van der Waals surface area contributed by atoms with Gasteiger partial charge in [0.15, 0.2) is 0 Å². The Hall–Kier alpha value is -2.18. The highest BCUT2D eigenvalue weighted by atomic mass is 35.5. The smallest absolute Gasteiger partial charge is 0.328 e. The van der Waals surface area contributed by atoms with Crippen LogP contribution in [0, 0.1) is 0 Å². The quantitative estimate of drug-likeness (QED) is 0.412. The highest BCUT2D eigenvalue weighted by molar-refractivity contribution is 6.18. The summed E-state index contributed by atoms with van der Waals surface area (Å²) < 4.78 is 5.17. The third-order valence-electron chi connectivity index (χ3n) is 4.64. The van der Waals surface area contributed by atoms with E-state index in [1.54, 1.807) is 19.2 Å². The molecule has 0 radical (unpaired) electrons. The average Bonchev–Trinajstić information content (AvgIpc) is 2.74. The van der Waals surface area contributed by atoms with Crippen LogP contribution in [0.15, 0.2) is 48.2 Å². The third-order valence-corrected chi connectivity index (χ3v) is 4.98. The molecule has 1 aromatic carbocycles. The summed E-state index contributed by atoms with van der Waals surface area (Å²) in [7, 11) is 1.89. The fraction of sp³-hybridized carbons (Fsp3) is 0.455. The first-order chi connectivity index (χ1) is 14.5. The zero-order valence-electron chi connectivity index (χ0n) is 17.4. The fourth-order valence-electron chi connectivity index (χ4n) is 3.14. The molecule has 0 aliphatic carbocycles. The first kappa shape index (κ1) is 24.1. The number of ether oxygens (including phenoxy) is 1. The van der Waals surface area contributed by atoms with Crippen LogP contribution in [0.2, 0.25) is 0 Å². The zero-order chi connectivity index (χ0) is 21.9. The van der Waals surface area contributed by atoms with Crippen LogP contribution in [0.4, 0.5) is 5.69 Å². The number of alkyl halides is 2. The van der Waals surface area contributed by atoms with Crippen molar-refractivity contribution < 1.29 is 14.3 Å². The number of hydrogen-bond acceptors (Lipinski definition) is 5. The summed E-state index contributed by atoms with van der Waals surface area (Å²) in [5, 5.41) is 2.81. The molecule has 1 heterocycles. The standard InChI is InChI=1S/C22H29Cl2N3O3/c1-3-30-22(29)20(25-21(28)18-5-4-12-26(2)16-18)15-17-6-8-19(9-7-17)27(13-10-23)14-11-24/h4-9,16,20H,3,10-15H2,1-2H3,(H,25,28). The Morgan fingerprint density at radius 1 is 1.20 bits per heavy atom. The second-order valence-corrected chi connectivity index (χ2v) is 7.70. The van der Waals surface area contributed by atoms with E-state index in [2.05, 4.69) is 10.2 Å². The van der Waals surface area contributed by atoms with Gasteiger partial charge in [-0.1, -0.05) is 24.3 Å². The van der Waals surface area contributed by atoms with Gasteiger partial charge in [-0.05, 0) is 24.6 Å². The Labute approximate surface area is 188 Å². The van der Waals surface area contributed by atoms with Gasteiger partial charge in [0.05, 0.1) is 12.2 Å². The van der Waals surface area contributed by atoms with Crippen molar-refractivity contribution in [2.24, 2.45) is 0 Å². The number of nitrogens with one attached hydrogen (secondary N) is 1. The molecule has 0 saturated carbocycles. The van der Waals surface area contributed by atoms with Crippen molar-refractivity contribution in [3.05, 3.63) is 53.8 Å². The Balaban J connectivity index is 2.11. The molecule has 2 rings (SSSR count). The van der Waals surface area contributed by atoms with Gasteiger partial charge in [0.1, 0.15) is 6.04 Å². The summed E-state index contributed by atoms with van der Waals surface area (Å²) in [5.41, 5.74) is 2.43. The van der Waals surface area contributed by atoms with Gasteiger partial charge in [0.25, 0.3) is 5.91 Å². The number of nitrogens with zero attached hydrogens (tertiary/aromatic N) is 2. The van der Waals surface area contributed by atoms with E-state index in [4.69, 9.17) is 27.9 Å². The van der Waals surface area contributed by atoms with Crippen molar-refractivity contribution in [2.45, 2.75) is 19.4 Å². The van der Waals surface area contributed by atoms with E-state index in [0.717, 1.165) is 17.8 Å². The van der Waals surface area contributed by atoms with E-state index < -0.39 is 12.0 Å². The second-order valence-electron chi connectivity index (χ2n) is 6.94. The zero-order valence-corrected chi connectivity index (χ0v) is 19.0. The predicted molar refractivity (Wildman–Crippen MR) is 122 cm³/mol. The van der Waals surface area contributed by atoms with E-state index >= 15 is 0 Å². The summed E-state index contributed by atoms with van der Waals surface area (Å²) in [4.78, 5) is 29.1. The van der Waals surface area contributed by atoms with E-state index in [0.29, 0.717) is 36.8 Å². The molecule has 8 heteroatoms. The summed E-state index contributed by atoms with van der Waals surface area (Å²) in [5.74, 6) is 0.266. The highest BCUT2D eigenvalue weighted by Crippen LogP contribution is 2.17. The molecule has 0 spiro atoms. The van der Waals surface area contributed by atoms with Crippen LogP contribution >= 0.6 is 23.2 Å². The van der Waals surface area contributed by atoms with E-state index in [1.807, 2.05) is 42.3 Å². The van der Waals surface area contributed by atoms with Crippen molar-refractivity contribution in [1.82, 2.24) is 10.2 Å². The van der Waals surface area contributed by atoms with Crippen LogP contribution in [-0.4, -0.2) is 67.9 Å². The number of likely N-dealkylation sites (N-methyl/N-ethyl adjacent to an activating group) is 1. The molecule has 1 aromatic rings. The number of carbonyl (C=O) groups is 2. The Kier molecular flexibility index (Phi) is 10.0. The summed E-state index contributed by atoms with van der Waals surface area (Å²) >= 11 is 11.8. The fourth-order valence-corrected chi connectivity index (χ4v) is 3.55. The van der Waals surface area contributed by atoms with Crippen LogP contribution in [0.5, 0.6) is 0 Å². The molecule has 1 aliphatic heterocycles.